The number of thiophene rings is 1. The SMILES string of the molecule is CCOCC(C)(CN)N(C)C(C)Cc1cccs1. The molecule has 104 valence electrons. The molecular formula is C14H26N2OS. The molecule has 0 aliphatic carbocycles. The summed E-state index contributed by atoms with van der Waals surface area (Å²) >= 11 is 1.82. The number of hydrogen-bond donors (Lipinski definition) is 1. The molecule has 0 saturated heterocycles. The summed E-state index contributed by atoms with van der Waals surface area (Å²) in [6, 6.07) is 4.75. The van der Waals surface area contributed by atoms with E-state index in [0.717, 1.165) is 13.0 Å². The Morgan fingerprint density at radius 2 is 2.28 bits per heavy atom. The molecule has 2 atom stereocenters. The fraction of sp³-hybridized carbons (Fsp3) is 0.714. The summed E-state index contributed by atoms with van der Waals surface area (Å²) in [6.07, 6.45) is 1.07. The van der Waals surface area contributed by atoms with Crippen molar-refractivity contribution in [3.05, 3.63) is 22.4 Å². The van der Waals surface area contributed by atoms with Crippen LogP contribution in [0.15, 0.2) is 17.5 Å². The number of hydrogen-bond acceptors (Lipinski definition) is 4. The van der Waals surface area contributed by atoms with Crippen LogP contribution in [0.5, 0.6) is 0 Å². The maximum absolute atomic E-state index is 5.94. The van der Waals surface area contributed by atoms with Gasteiger partial charge >= 0.3 is 0 Å². The third-order valence-electron chi connectivity index (χ3n) is 3.65. The van der Waals surface area contributed by atoms with E-state index in [1.165, 1.54) is 4.88 Å². The normalized spacial score (nSPS) is 16.8. The zero-order chi connectivity index (χ0) is 13.6. The largest absolute Gasteiger partial charge is 0.380 e. The molecule has 1 aromatic heterocycles. The number of rotatable bonds is 8. The minimum Gasteiger partial charge on any atom is -0.380 e. The smallest absolute Gasteiger partial charge is 0.0659 e. The fourth-order valence-electron chi connectivity index (χ4n) is 2.02. The third kappa shape index (κ3) is 4.05. The van der Waals surface area contributed by atoms with Crippen molar-refractivity contribution in [2.45, 2.75) is 38.8 Å². The van der Waals surface area contributed by atoms with Crippen LogP contribution in [-0.2, 0) is 11.2 Å². The van der Waals surface area contributed by atoms with Gasteiger partial charge in [0.25, 0.3) is 0 Å². The molecule has 0 fully saturated rings. The van der Waals surface area contributed by atoms with Crippen LogP contribution in [0.3, 0.4) is 0 Å². The zero-order valence-corrected chi connectivity index (χ0v) is 12.8. The number of nitrogens with two attached hydrogens (primary N) is 1. The van der Waals surface area contributed by atoms with Gasteiger partial charge in [-0.2, -0.15) is 0 Å². The van der Waals surface area contributed by atoms with Crippen LogP contribution in [0, 0.1) is 0 Å². The van der Waals surface area contributed by atoms with Gasteiger partial charge in [-0.05, 0) is 45.7 Å². The maximum Gasteiger partial charge on any atom is 0.0659 e. The average Bonchev–Trinajstić information content (AvgIpc) is 2.87. The molecule has 2 unspecified atom stereocenters. The van der Waals surface area contributed by atoms with E-state index in [2.05, 4.69) is 43.3 Å². The molecule has 1 heterocycles. The minimum atomic E-state index is -0.0906. The Kier molecular flexibility index (Phi) is 6.29. The summed E-state index contributed by atoms with van der Waals surface area (Å²) in [6.45, 7) is 8.48. The van der Waals surface area contributed by atoms with Crippen molar-refractivity contribution in [3.8, 4) is 0 Å². The van der Waals surface area contributed by atoms with Gasteiger partial charge in [0.1, 0.15) is 0 Å². The second-order valence-corrected chi connectivity index (χ2v) is 6.11. The lowest BCUT2D eigenvalue weighted by molar-refractivity contribution is 0.00620. The van der Waals surface area contributed by atoms with Gasteiger partial charge < -0.3 is 10.5 Å². The Hall–Kier alpha value is -0.420. The quantitative estimate of drug-likeness (QED) is 0.788. The predicted octanol–water partition coefficient (Wildman–Crippen LogP) is 2.36. The van der Waals surface area contributed by atoms with Crippen molar-refractivity contribution in [1.29, 1.82) is 0 Å². The Bertz CT molecular complexity index is 329. The van der Waals surface area contributed by atoms with Gasteiger partial charge in [0, 0.05) is 24.1 Å². The van der Waals surface area contributed by atoms with Gasteiger partial charge in [-0.15, -0.1) is 11.3 Å². The first-order chi connectivity index (χ1) is 8.53. The fourth-order valence-corrected chi connectivity index (χ4v) is 2.84. The van der Waals surface area contributed by atoms with Crippen LogP contribution in [-0.4, -0.2) is 43.3 Å². The molecule has 0 aromatic carbocycles. The van der Waals surface area contributed by atoms with Crippen LogP contribution in [0.1, 0.15) is 25.6 Å². The topological polar surface area (TPSA) is 38.5 Å². The first-order valence-corrected chi connectivity index (χ1v) is 7.44. The van der Waals surface area contributed by atoms with E-state index < -0.39 is 0 Å². The highest BCUT2D eigenvalue weighted by atomic mass is 32.1. The Morgan fingerprint density at radius 1 is 1.56 bits per heavy atom. The van der Waals surface area contributed by atoms with Crippen LogP contribution in [0.25, 0.3) is 0 Å². The molecular weight excluding hydrogens is 244 g/mol. The average molecular weight is 270 g/mol. The molecule has 0 aliphatic heterocycles. The van der Waals surface area contributed by atoms with E-state index in [-0.39, 0.29) is 5.54 Å². The van der Waals surface area contributed by atoms with Crippen molar-refractivity contribution >= 4 is 11.3 Å². The Labute approximate surface area is 115 Å². The Balaban J connectivity index is 2.61. The van der Waals surface area contributed by atoms with Gasteiger partial charge in [0.15, 0.2) is 0 Å². The molecule has 1 aromatic rings. The lowest BCUT2D eigenvalue weighted by atomic mass is 9.98. The van der Waals surface area contributed by atoms with Crippen LogP contribution in [0.4, 0.5) is 0 Å². The van der Waals surface area contributed by atoms with Gasteiger partial charge in [0.2, 0.25) is 0 Å². The highest BCUT2D eigenvalue weighted by molar-refractivity contribution is 7.09. The number of ether oxygens (including phenoxy) is 1. The van der Waals surface area contributed by atoms with Crippen LogP contribution >= 0.6 is 11.3 Å². The standard InChI is InChI=1S/C14H26N2OS/c1-5-17-11-14(3,10-15)16(4)12(2)9-13-7-6-8-18-13/h6-8,12H,5,9-11,15H2,1-4H3. The molecule has 2 N–H and O–H groups in total. The molecule has 3 nitrogen and oxygen atoms in total. The van der Waals surface area contributed by atoms with Crippen molar-refractivity contribution in [3.63, 3.8) is 0 Å². The highest BCUT2D eigenvalue weighted by Crippen LogP contribution is 2.20. The number of nitrogens with zero attached hydrogens (tertiary/aromatic N) is 1. The molecule has 0 radical (unpaired) electrons. The van der Waals surface area contributed by atoms with E-state index in [4.69, 9.17) is 10.5 Å². The molecule has 4 heteroatoms. The summed E-state index contributed by atoms with van der Waals surface area (Å²) in [4.78, 5) is 3.77. The summed E-state index contributed by atoms with van der Waals surface area (Å²) < 4.78 is 5.58. The van der Waals surface area contributed by atoms with Crippen molar-refractivity contribution in [2.24, 2.45) is 5.73 Å². The van der Waals surface area contributed by atoms with Crippen molar-refractivity contribution in [2.75, 3.05) is 26.8 Å². The lowest BCUT2D eigenvalue weighted by Gasteiger charge is -2.41. The number of likely N-dealkylation sites (N-methyl/N-ethyl adjacent to an activating group) is 1. The van der Waals surface area contributed by atoms with Crippen LogP contribution < -0.4 is 5.73 Å². The molecule has 0 saturated carbocycles. The summed E-state index contributed by atoms with van der Waals surface area (Å²) in [5.41, 5.74) is 5.85. The molecule has 0 spiro atoms. The molecule has 0 bridgehead atoms. The van der Waals surface area contributed by atoms with Gasteiger partial charge in [-0.25, -0.2) is 0 Å². The Morgan fingerprint density at radius 3 is 2.78 bits per heavy atom. The second-order valence-electron chi connectivity index (χ2n) is 5.08. The minimum absolute atomic E-state index is 0.0906. The summed E-state index contributed by atoms with van der Waals surface area (Å²) in [7, 11) is 2.14. The van der Waals surface area contributed by atoms with Gasteiger partial charge in [-0.1, -0.05) is 6.07 Å². The molecule has 1 rings (SSSR count). The van der Waals surface area contributed by atoms with Gasteiger partial charge in [-0.3, -0.25) is 4.90 Å². The third-order valence-corrected chi connectivity index (χ3v) is 4.54. The van der Waals surface area contributed by atoms with Gasteiger partial charge in [0.05, 0.1) is 12.1 Å². The monoisotopic (exact) mass is 270 g/mol. The van der Waals surface area contributed by atoms with Crippen molar-refractivity contribution in [1.82, 2.24) is 4.90 Å². The van der Waals surface area contributed by atoms with Crippen LogP contribution in [0.2, 0.25) is 0 Å². The first-order valence-electron chi connectivity index (χ1n) is 6.56. The zero-order valence-electron chi connectivity index (χ0n) is 12.0. The molecule has 0 aliphatic rings. The van der Waals surface area contributed by atoms with E-state index in [1.54, 1.807) is 0 Å². The summed E-state index contributed by atoms with van der Waals surface area (Å²) in [5.74, 6) is 0. The summed E-state index contributed by atoms with van der Waals surface area (Å²) in [5, 5.41) is 2.13. The van der Waals surface area contributed by atoms with E-state index >= 15 is 0 Å². The van der Waals surface area contributed by atoms with E-state index in [1.807, 2.05) is 18.3 Å². The van der Waals surface area contributed by atoms with E-state index in [0.29, 0.717) is 19.2 Å². The second kappa shape index (κ2) is 7.24. The first kappa shape index (κ1) is 15.6. The predicted molar refractivity (Wildman–Crippen MR) is 79.2 cm³/mol. The molecule has 18 heavy (non-hydrogen) atoms. The lowest BCUT2D eigenvalue weighted by Crippen LogP contribution is -2.56. The molecule has 0 amide bonds. The van der Waals surface area contributed by atoms with Crippen molar-refractivity contribution < 1.29 is 4.74 Å². The van der Waals surface area contributed by atoms with E-state index in [9.17, 15) is 0 Å². The highest BCUT2D eigenvalue weighted by Gasteiger charge is 2.31. The maximum atomic E-state index is 5.94.